The number of hydrogen-bond acceptors (Lipinski definition) is 4. The van der Waals surface area contributed by atoms with E-state index >= 15 is 0 Å². The number of carbonyl (C=O) groups excluding carboxylic acids is 1. The van der Waals surface area contributed by atoms with Crippen molar-refractivity contribution in [2.24, 2.45) is 0 Å². The fraction of sp³-hybridized carbons (Fsp3) is 0.286. The number of nitrogens with one attached hydrogen (secondary N) is 1. The summed E-state index contributed by atoms with van der Waals surface area (Å²) >= 11 is 0. The Kier molecular flexibility index (Phi) is 3.63. The van der Waals surface area contributed by atoms with Crippen molar-refractivity contribution in [3.05, 3.63) is 42.7 Å². The normalized spacial score (nSPS) is 10.9. The third kappa shape index (κ3) is 2.91. The summed E-state index contributed by atoms with van der Waals surface area (Å²) in [6.45, 7) is 1.05. The van der Waals surface area contributed by atoms with Crippen molar-refractivity contribution >= 4 is 16.9 Å². The molecule has 3 rings (SSSR count). The summed E-state index contributed by atoms with van der Waals surface area (Å²) in [7, 11) is 1.76. The third-order valence-electron chi connectivity index (χ3n) is 3.37. The number of benzene rings is 1. The molecule has 0 saturated carbocycles. The summed E-state index contributed by atoms with van der Waals surface area (Å²) in [5.74, 6) is 0.739. The molecule has 0 aliphatic heterocycles. The van der Waals surface area contributed by atoms with E-state index in [-0.39, 0.29) is 5.91 Å². The van der Waals surface area contributed by atoms with Crippen LogP contribution in [0.15, 0.2) is 36.9 Å². The molecule has 7 nitrogen and oxygen atoms in total. The van der Waals surface area contributed by atoms with Crippen LogP contribution in [0, 0.1) is 0 Å². The number of nitrogens with zero attached hydrogens (tertiary/aromatic N) is 5. The zero-order chi connectivity index (χ0) is 14.7. The Balaban J connectivity index is 1.60. The maximum Gasteiger partial charge on any atom is 0.224 e. The highest BCUT2D eigenvalue weighted by atomic mass is 16.2. The number of imidazole rings is 1. The van der Waals surface area contributed by atoms with Crippen molar-refractivity contribution in [2.75, 3.05) is 7.05 Å². The smallest absolute Gasteiger partial charge is 0.224 e. The molecule has 0 spiro atoms. The number of H-pyrrole nitrogens is 1. The molecule has 3 aromatic rings. The van der Waals surface area contributed by atoms with Crippen molar-refractivity contribution in [1.82, 2.24) is 29.6 Å². The van der Waals surface area contributed by atoms with E-state index in [9.17, 15) is 4.79 Å². The van der Waals surface area contributed by atoms with Crippen LogP contribution in [0.2, 0.25) is 0 Å². The predicted octanol–water partition coefficient (Wildman–Crippen LogP) is 1.20. The molecule has 2 heterocycles. The Hall–Kier alpha value is -2.70. The molecular formula is C14H16N6O. The number of carbonyl (C=O) groups is 1. The van der Waals surface area contributed by atoms with E-state index in [0.717, 1.165) is 11.0 Å². The minimum absolute atomic E-state index is 0.0594. The van der Waals surface area contributed by atoms with Crippen LogP contribution in [0.3, 0.4) is 0 Å². The lowest BCUT2D eigenvalue weighted by molar-refractivity contribution is -0.130. The molecule has 0 saturated heterocycles. The zero-order valence-electron chi connectivity index (χ0n) is 11.7. The molecule has 0 bridgehead atoms. The van der Waals surface area contributed by atoms with E-state index in [2.05, 4.69) is 20.2 Å². The van der Waals surface area contributed by atoms with Gasteiger partial charge in [-0.05, 0) is 12.1 Å². The van der Waals surface area contributed by atoms with Gasteiger partial charge in [-0.1, -0.05) is 12.1 Å². The van der Waals surface area contributed by atoms with Crippen LogP contribution < -0.4 is 0 Å². The number of rotatable bonds is 5. The van der Waals surface area contributed by atoms with E-state index in [4.69, 9.17) is 0 Å². The number of para-hydroxylation sites is 2. The Morgan fingerprint density at radius 2 is 2.19 bits per heavy atom. The van der Waals surface area contributed by atoms with Gasteiger partial charge in [-0.2, -0.15) is 5.10 Å². The van der Waals surface area contributed by atoms with E-state index in [1.54, 1.807) is 18.3 Å². The summed E-state index contributed by atoms with van der Waals surface area (Å²) in [4.78, 5) is 22.1. The molecule has 1 N–H and O–H groups in total. The summed E-state index contributed by atoms with van der Waals surface area (Å²) in [5, 5.41) is 6.52. The minimum Gasteiger partial charge on any atom is -0.338 e. The fourth-order valence-corrected chi connectivity index (χ4v) is 2.22. The van der Waals surface area contributed by atoms with Crippen LogP contribution in [-0.2, 0) is 17.9 Å². The molecule has 0 unspecified atom stereocenters. The summed E-state index contributed by atoms with van der Waals surface area (Å²) in [5.41, 5.74) is 1.99. The Bertz CT molecular complexity index is 733. The number of aromatic nitrogens is 5. The third-order valence-corrected chi connectivity index (χ3v) is 3.37. The number of aromatic amines is 1. The van der Waals surface area contributed by atoms with Crippen LogP contribution in [0.4, 0.5) is 0 Å². The second-order valence-corrected chi connectivity index (χ2v) is 4.86. The van der Waals surface area contributed by atoms with Gasteiger partial charge in [-0.25, -0.2) is 9.97 Å². The van der Waals surface area contributed by atoms with Crippen LogP contribution in [0.25, 0.3) is 11.0 Å². The first kappa shape index (κ1) is 13.3. The monoisotopic (exact) mass is 284 g/mol. The average molecular weight is 284 g/mol. The molecule has 0 fully saturated rings. The van der Waals surface area contributed by atoms with Crippen molar-refractivity contribution < 1.29 is 4.79 Å². The molecule has 21 heavy (non-hydrogen) atoms. The average Bonchev–Trinajstić information content (AvgIpc) is 3.14. The van der Waals surface area contributed by atoms with E-state index < -0.39 is 0 Å². The SMILES string of the molecule is CN(Cc1ncn[nH]1)C(=O)CCn1cnc2ccccc21. The highest BCUT2D eigenvalue weighted by Crippen LogP contribution is 2.12. The molecule has 0 aliphatic rings. The van der Waals surface area contributed by atoms with Gasteiger partial charge in [-0.15, -0.1) is 0 Å². The van der Waals surface area contributed by atoms with E-state index in [0.29, 0.717) is 25.3 Å². The molecule has 1 aromatic carbocycles. The molecule has 2 aromatic heterocycles. The number of amides is 1. The van der Waals surface area contributed by atoms with Gasteiger partial charge in [0.1, 0.15) is 12.2 Å². The summed E-state index contributed by atoms with van der Waals surface area (Å²) in [6.07, 6.45) is 3.63. The highest BCUT2D eigenvalue weighted by molar-refractivity contribution is 5.77. The summed E-state index contributed by atoms with van der Waals surface area (Å²) in [6, 6.07) is 7.89. The largest absolute Gasteiger partial charge is 0.338 e. The Labute approximate surface area is 121 Å². The predicted molar refractivity (Wildman–Crippen MR) is 77.2 cm³/mol. The fourth-order valence-electron chi connectivity index (χ4n) is 2.22. The van der Waals surface area contributed by atoms with Gasteiger partial charge >= 0.3 is 0 Å². The molecule has 1 amide bonds. The van der Waals surface area contributed by atoms with Crippen LogP contribution in [0.1, 0.15) is 12.2 Å². The quantitative estimate of drug-likeness (QED) is 0.763. The second-order valence-electron chi connectivity index (χ2n) is 4.86. The van der Waals surface area contributed by atoms with Crippen molar-refractivity contribution in [3.8, 4) is 0 Å². The van der Waals surface area contributed by atoms with E-state index in [1.807, 2.05) is 28.8 Å². The zero-order valence-corrected chi connectivity index (χ0v) is 11.7. The second kappa shape index (κ2) is 5.74. The topological polar surface area (TPSA) is 79.7 Å². The van der Waals surface area contributed by atoms with Crippen LogP contribution >= 0.6 is 0 Å². The van der Waals surface area contributed by atoms with Crippen molar-refractivity contribution in [3.63, 3.8) is 0 Å². The Morgan fingerprint density at radius 1 is 1.33 bits per heavy atom. The lowest BCUT2D eigenvalue weighted by Crippen LogP contribution is -2.27. The van der Waals surface area contributed by atoms with Crippen LogP contribution in [-0.4, -0.2) is 42.6 Å². The molecular weight excluding hydrogens is 268 g/mol. The minimum atomic E-state index is 0.0594. The first-order valence-electron chi connectivity index (χ1n) is 6.72. The van der Waals surface area contributed by atoms with Gasteiger partial charge in [-0.3, -0.25) is 9.89 Å². The standard InChI is InChI=1S/C14H16N6O/c1-19(8-13-15-9-17-18-13)14(21)6-7-20-10-16-11-4-2-3-5-12(11)20/h2-5,9-10H,6-8H2,1H3,(H,15,17,18). The van der Waals surface area contributed by atoms with Gasteiger partial charge in [0, 0.05) is 20.0 Å². The highest BCUT2D eigenvalue weighted by Gasteiger charge is 2.11. The van der Waals surface area contributed by atoms with Gasteiger partial charge < -0.3 is 9.47 Å². The van der Waals surface area contributed by atoms with Gasteiger partial charge in [0.15, 0.2) is 0 Å². The Morgan fingerprint density at radius 3 is 3.00 bits per heavy atom. The lowest BCUT2D eigenvalue weighted by atomic mass is 10.3. The van der Waals surface area contributed by atoms with Gasteiger partial charge in [0.2, 0.25) is 5.91 Å². The molecule has 108 valence electrons. The summed E-state index contributed by atoms with van der Waals surface area (Å²) < 4.78 is 2.00. The number of hydrogen-bond donors (Lipinski definition) is 1. The maximum absolute atomic E-state index is 12.1. The molecule has 0 aliphatic carbocycles. The first-order chi connectivity index (χ1) is 10.2. The van der Waals surface area contributed by atoms with Crippen molar-refractivity contribution in [2.45, 2.75) is 19.5 Å². The first-order valence-corrected chi connectivity index (χ1v) is 6.72. The van der Waals surface area contributed by atoms with Gasteiger partial charge in [0.05, 0.1) is 23.9 Å². The maximum atomic E-state index is 12.1. The van der Waals surface area contributed by atoms with Gasteiger partial charge in [0.25, 0.3) is 0 Å². The molecule has 0 radical (unpaired) electrons. The number of fused-ring (bicyclic) bond motifs is 1. The van der Waals surface area contributed by atoms with E-state index in [1.165, 1.54) is 6.33 Å². The number of aryl methyl sites for hydroxylation is 1. The van der Waals surface area contributed by atoms with Crippen molar-refractivity contribution in [1.29, 1.82) is 0 Å². The molecule has 7 heteroatoms. The van der Waals surface area contributed by atoms with Crippen LogP contribution in [0.5, 0.6) is 0 Å². The molecule has 0 atom stereocenters. The lowest BCUT2D eigenvalue weighted by Gasteiger charge is -2.15.